The van der Waals surface area contributed by atoms with E-state index in [0.717, 1.165) is 56.4 Å². The van der Waals surface area contributed by atoms with E-state index in [1.54, 1.807) is 11.0 Å². The van der Waals surface area contributed by atoms with Crippen LogP contribution < -0.4 is 15.1 Å². The average molecular weight is 474 g/mol. The molecule has 0 spiro atoms. The minimum absolute atomic E-state index is 0.0868. The number of pyridine rings is 2. The van der Waals surface area contributed by atoms with Crippen LogP contribution in [0.25, 0.3) is 0 Å². The van der Waals surface area contributed by atoms with Gasteiger partial charge in [-0.15, -0.1) is 0 Å². The number of nitriles is 1. The average Bonchev–Trinajstić information content (AvgIpc) is 3.55. The number of aryl methyl sites for hydroxylation is 1. The molecule has 0 aromatic carbocycles. The summed E-state index contributed by atoms with van der Waals surface area (Å²) in [5, 5.41) is 12.3. The van der Waals surface area contributed by atoms with Gasteiger partial charge in [-0.25, -0.2) is 14.8 Å². The van der Waals surface area contributed by atoms with Crippen molar-refractivity contribution in [2.24, 2.45) is 0 Å². The molecule has 2 aromatic heterocycles. The van der Waals surface area contributed by atoms with Crippen LogP contribution in [0.1, 0.15) is 59.3 Å². The monoisotopic (exact) mass is 473 g/mol. The van der Waals surface area contributed by atoms with Gasteiger partial charge in [0.15, 0.2) is 6.29 Å². The van der Waals surface area contributed by atoms with Crippen LogP contribution in [0.5, 0.6) is 0 Å². The number of carbonyl (C=O) groups is 3. The second-order valence-corrected chi connectivity index (χ2v) is 9.13. The van der Waals surface area contributed by atoms with Crippen molar-refractivity contribution in [1.29, 1.82) is 5.26 Å². The summed E-state index contributed by atoms with van der Waals surface area (Å²) >= 11 is 0. The summed E-state index contributed by atoms with van der Waals surface area (Å²) in [6, 6.07) is 5.44. The molecular formula is C25H27N7O3. The summed E-state index contributed by atoms with van der Waals surface area (Å²) in [6.45, 7) is 3.24. The van der Waals surface area contributed by atoms with E-state index < -0.39 is 0 Å². The maximum Gasteiger partial charge on any atom is 0.328 e. The highest BCUT2D eigenvalue weighted by atomic mass is 16.2. The van der Waals surface area contributed by atoms with Gasteiger partial charge in [-0.1, -0.05) is 0 Å². The molecule has 3 amide bonds. The Kier molecular flexibility index (Phi) is 6.31. The molecule has 0 saturated carbocycles. The molecule has 0 aliphatic carbocycles. The first-order valence-electron chi connectivity index (χ1n) is 12.1. The third-order valence-corrected chi connectivity index (χ3v) is 6.85. The Morgan fingerprint density at radius 2 is 1.91 bits per heavy atom. The molecule has 180 valence electrons. The molecule has 2 saturated heterocycles. The van der Waals surface area contributed by atoms with E-state index in [9.17, 15) is 19.6 Å². The number of hydrogen-bond acceptors (Lipinski definition) is 7. The van der Waals surface area contributed by atoms with Gasteiger partial charge in [-0.2, -0.15) is 5.26 Å². The minimum atomic E-state index is -0.387. The highest BCUT2D eigenvalue weighted by Gasteiger charge is 2.28. The molecule has 0 atom stereocenters. The molecule has 5 heterocycles. The van der Waals surface area contributed by atoms with Crippen LogP contribution in [0.4, 0.5) is 22.1 Å². The minimum Gasteiger partial charge on any atom is -0.370 e. The third kappa shape index (κ3) is 4.54. The number of likely N-dealkylation sites (tertiary alicyclic amines) is 1. The fourth-order valence-corrected chi connectivity index (χ4v) is 5.06. The standard InChI is InChI=1S/C25H27N7O3/c26-13-19-14-27-22(12-21(19)30-7-1-2-8-30)29-25(35)32-10-3-5-17-11-18(20(16-33)28-24(17)32)15-31-9-4-6-23(31)34/h11-12,14,16H,1-10,15H2,(H,27,29,35). The highest BCUT2D eigenvalue weighted by Crippen LogP contribution is 2.30. The van der Waals surface area contributed by atoms with Gasteiger partial charge in [0.1, 0.15) is 23.4 Å². The Hall–Kier alpha value is -4.00. The predicted octanol–water partition coefficient (Wildman–Crippen LogP) is 2.87. The number of urea groups is 1. The van der Waals surface area contributed by atoms with Crippen molar-refractivity contribution < 1.29 is 14.4 Å². The molecule has 5 rings (SSSR count). The maximum atomic E-state index is 13.2. The fourth-order valence-electron chi connectivity index (χ4n) is 5.06. The number of nitrogens with one attached hydrogen (secondary N) is 1. The van der Waals surface area contributed by atoms with E-state index in [4.69, 9.17) is 0 Å². The summed E-state index contributed by atoms with van der Waals surface area (Å²) < 4.78 is 0. The molecule has 3 aliphatic rings. The quantitative estimate of drug-likeness (QED) is 0.663. The van der Waals surface area contributed by atoms with Crippen molar-refractivity contribution in [1.82, 2.24) is 14.9 Å². The Balaban J connectivity index is 1.38. The normalized spacial score (nSPS) is 17.3. The number of aldehydes is 1. The molecule has 2 aromatic rings. The number of amides is 3. The summed E-state index contributed by atoms with van der Waals surface area (Å²) in [5.74, 6) is 0.910. The topological polar surface area (TPSA) is 123 Å². The molecule has 3 aliphatic heterocycles. The van der Waals surface area contributed by atoms with E-state index >= 15 is 0 Å². The zero-order chi connectivity index (χ0) is 24.4. The van der Waals surface area contributed by atoms with Gasteiger partial charge in [-0.05, 0) is 43.7 Å². The van der Waals surface area contributed by atoms with Crippen LogP contribution in [-0.4, -0.2) is 59.3 Å². The fraction of sp³-hybridized carbons (Fsp3) is 0.440. The summed E-state index contributed by atoms with van der Waals surface area (Å²) in [4.78, 5) is 51.4. The first-order chi connectivity index (χ1) is 17.1. The van der Waals surface area contributed by atoms with Crippen LogP contribution in [-0.2, 0) is 17.8 Å². The molecule has 1 N–H and O–H groups in total. The number of fused-ring (bicyclic) bond motifs is 1. The maximum absolute atomic E-state index is 13.2. The highest BCUT2D eigenvalue weighted by molar-refractivity contribution is 6.02. The summed E-state index contributed by atoms with van der Waals surface area (Å²) in [5.41, 5.74) is 3.09. The molecule has 0 bridgehead atoms. The van der Waals surface area contributed by atoms with Gasteiger partial charge >= 0.3 is 6.03 Å². The molecule has 0 unspecified atom stereocenters. The predicted molar refractivity (Wildman–Crippen MR) is 129 cm³/mol. The Morgan fingerprint density at radius 3 is 2.63 bits per heavy atom. The van der Waals surface area contributed by atoms with E-state index in [0.29, 0.717) is 55.1 Å². The van der Waals surface area contributed by atoms with Crippen LogP contribution in [0.3, 0.4) is 0 Å². The Morgan fingerprint density at radius 1 is 1.11 bits per heavy atom. The number of aromatic nitrogens is 2. The zero-order valence-electron chi connectivity index (χ0n) is 19.5. The number of anilines is 3. The zero-order valence-corrected chi connectivity index (χ0v) is 19.5. The first-order valence-corrected chi connectivity index (χ1v) is 12.1. The smallest absolute Gasteiger partial charge is 0.328 e. The lowest BCUT2D eigenvalue weighted by molar-refractivity contribution is -0.128. The van der Waals surface area contributed by atoms with Crippen LogP contribution in [0.2, 0.25) is 0 Å². The molecule has 2 fully saturated rings. The van der Waals surface area contributed by atoms with Crippen molar-refractivity contribution >= 4 is 35.5 Å². The third-order valence-electron chi connectivity index (χ3n) is 6.85. The second kappa shape index (κ2) is 9.70. The van der Waals surface area contributed by atoms with E-state index in [1.807, 2.05) is 6.07 Å². The van der Waals surface area contributed by atoms with Crippen LogP contribution >= 0.6 is 0 Å². The second-order valence-electron chi connectivity index (χ2n) is 9.13. The van der Waals surface area contributed by atoms with Crippen molar-refractivity contribution in [3.05, 3.63) is 40.7 Å². The lowest BCUT2D eigenvalue weighted by Crippen LogP contribution is -2.40. The van der Waals surface area contributed by atoms with Crippen molar-refractivity contribution in [3.8, 4) is 6.07 Å². The molecular weight excluding hydrogens is 446 g/mol. The lowest BCUT2D eigenvalue weighted by atomic mass is 10.0. The number of carbonyl (C=O) groups excluding carboxylic acids is 3. The van der Waals surface area contributed by atoms with E-state index in [-0.39, 0.29) is 17.6 Å². The van der Waals surface area contributed by atoms with Crippen molar-refractivity contribution in [2.75, 3.05) is 41.3 Å². The lowest BCUT2D eigenvalue weighted by Gasteiger charge is -2.29. The first kappa shape index (κ1) is 22.8. The SMILES string of the molecule is N#Cc1cnc(NC(=O)N2CCCc3cc(CN4CCCC4=O)c(C=O)nc32)cc1N1CCCC1. The van der Waals surface area contributed by atoms with Gasteiger partial charge in [0, 0.05) is 57.0 Å². The largest absolute Gasteiger partial charge is 0.370 e. The number of nitrogens with zero attached hydrogens (tertiary/aromatic N) is 6. The van der Waals surface area contributed by atoms with Gasteiger partial charge < -0.3 is 9.80 Å². The molecule has 0 radical (unpaired) electrons. The summed E-state index contributed by atoms with van der Waals surface area (Å²) in [7, 11) is 0. The Labute approximate surface area is 203 Å². The van der Waals surface area contributed by atoms with Gasteiger partial charge in [0.25, 0.3) is 0 Å². The number of hydrogen-bond donors (Lipinski definition) is 1. The van der Waals surface area contributed by atoms with Crippen LogP contribution in [0, 0.1) is 11.3 Å². The van der Waals surface area contributed by atoms with Crippen molar-refractivity contribution in [2.45, 2.75) is 45.1 Å². The van der Waals surface area contributed by atoms with E-state index in [1.165, 1.54) is 11.1 Å². The van der Waals surface area contributed by atoms with Gasteiger partial charge in [0.05, 0.1) is 11.3 Å². The van der Waals surface area contributed by atoms with Crippen LogP contribution in [0.15, 0.2) is 18.3 Å². The van der Waals surface area contributed by atoms with E-state index in [2.05, 4.69) is 26.3 Å². The van der Waals surface area contributed by atoms with Gasteiger partial charge in [0.2, 0.25) is 5.91 Å². The Bertz CT molecular complexity index is 1220. The molecule has 10 heteroatoms. The number of rotatable bonds is 5. The molecule has 10 nitrogen and oxygen atoms in total. The molecule has 35 heavy (non-hydrogen) atoms. The van der Waals surface area contributed by atoms with Crippen molar-refractivity contribution in [3.63, 3.8) is 0 Å². The van der Waals surface area contributed by atoms with Gasteiger partial charge in [-0.3, -0.25) is 19.8 Å². The summed E-state index contributed by atoms with van der Waals surface area (Å²) in [6.07, 6.45) is 7.16.